The van der Waals surface area contributed by atoms with Gasteiger partial charge in [0.05, 0.1) is 0 Å². The Morgan fingerprint density at radius 1 is 1.38 bits per heavy atom. The van der Waals surface area contributed by atoms with Crippen LogP contribution in [0, 0.1) is 0 Å². The van der Waals surface area contributed by atoms with Crippen LogP contribution in [0.5, 0.6) is 0 Å². The first-order chi connectivity index (χ1) is 6.24. The zero-order chi connectivity index (χ0) is 9.68. The summed E-state index contributed by atoms with van der Waals surface area (Å²) in [5.41, 5.74) is 7.75. The maximum absolute atomic E-state index is 5.60. The van der Waals surface area contributed by atoms with E-state index < -0.39 is 0 Å². The van der Waals surface area contributed by atoms with Crippen LogP contribution in [0.4, 0.5) is 5.69 Å². The van der Waals surface area contributed by atoms with Crippen molar-refractivity contribution >= 4 is 5.69 Å². The molecule has 0 radical (unpaired) electrons. The van der Waals surface area contributed by atoms with Crippen LogP contribution in [-0.2, 0) is 4.74 Å². The molecule has 1 unspecified atom stereocenters. The zero-order valence-electron chi connectivity index (χ0n) is 8.29. The van der Waals surface area contributed by atoms with Crippen LogP contribution in [0.25, 0.3) is 0 Å². The van der Waals surface area contributed by atoms with E-state index in [1.54, 1.807) is 7.11 Å². The summed E-state index contributed by atoms with van der Waals surface area (Å²) in [7, 11) is 1.73. The molecule has 0 bridgehead atoms. The SMILES string of the molecule is COCCC(C)c1ccc(N)cc1.[HH]. The van der Waals surface area contributed by atoms with Gasteiger partial charge in [0.25, 0.3) is 0 Å². The standard InChI is InChI=1S/C11H17NO.H2/c1-9(7-8-13-2)10-3-5-11(12)6-4-10;/h3-6,9H,7-8,12H2,1-2H3;1H. The number of benzene rings is 1. The first-order valence-corrected chi connectivity index (χ1v) is 4.58. The number of hydrogen-bond donors (Lipinski definition) is 1. The number of methoxy groups -OCH3 is 1. The molecular weight excluding hydrogens is 162 g/mol. The maximum atomic E-state index is 5.60. The van der Waals surface area contributed by atoms with E-state index in [4.69, 9.17) is 10.5 Å². The Morgan fingerprint density at radius 2 is 2.00 bits per heavy atom. The second kappa shape index (κ2) is 4.87. The lowest BCUT2D eigenvalue weighted by molar-refractivity contribution is 0.189. The number of hydrogen-bond acceptors (Lipinski definition) is 2. The van der Waals surface area contributed by atoms with Crippen molar-refractivity contribution in [1.82, 2.24) is 0 Å². The maximum Gasteiger partial charge on any atom is 0.0467 e. The average molecular weight is 181 g/mol. The van der Waals surface area contributed by atoms with Crippen LogP contribution in [0.1, 0.15) is 26.3 Å². The normalized spacial score (nSPS) is 12.8. The van der Waals surface area contributed by atoms with Crippen molar-refractivity contribution in [1.29, 1.82) is 0 Å². The minimum Gasteiger partial charge on any atom is -0.399 e. The molecule has 0 amide bonds. The lowest BCUT2D eigenvalue weighted by Crippen LogP contribution is -1.98. The lowest BCUT2D eigenvalue weighted by atomic mass is 9.98. The van der Waals surface area contributed by atoms with E-state index in [2.05, 4.69) is 19.1 Å². The highest BCUT2D eigenvalue weighted by Gasteiger charge is 2.03. The first-order valence-electron chi connectivity index (χ1n) is 4.58. The van der Waals surface area contributed by atoms with Crippen molar-refractivity contribution in [2.24, 2.45) is 0 Å². The largest absolute Gasteiger partial charge is 0.399 e. The second-order valence-electron chi connectivity index (χ2n) is 3.35. The molecular formula is C11H19NO. The molecule has 0 aromatic heterocycles. The van der Waals surface area contributed by atoms with Gasteiger partial charge in [-0.05, 0) is 30.0 Å². The Balaban J connectivity index is 0.00000169. The van der Waals surface area contributed by atoms with Crippen molar-refractivity contribution in [3.05, 3.63) is 29.8 Å². The molecule has 74 valence electrons. The molecule has 1 aromatic carbocycles. The summed E-state index contributed by atoms with van der Waals surface area (Å²) < 4.78 is 5.03. The molecule has 0 heterocycles. The van der Waals surface area contributed by atoms with E-state index in [0.29, 0.717) is 5.92 Å². The van der Waals surface area contributed by atoms with Gasteiger partial charge in [-0.3, -0.25) is 0 Å². The Morgan fingerprint density at radius 3 is 2.54 bits per heavy atom. The third-order valence-electron chi connectivity index (χ3n) is 2.26. The molecule has 2 N–H and O–H groups in total. The van der Waals surface area contributed by atoms with Gasteiger partial charge >= 0.3 is 0 Å². The van der Waals surface area contributed by atoms with Crippen LogP contribution in [-0.4, -0.2) is 13.7 Å². The number of anilines is 1. The van der Waals surface area contributed by atoms with E-state index in [9.17, 15) is 0 Å². The highest BCUT2D eigenvalue weighted by atomic mass is 16.5. The van der Waals surface area contributed by atoms with Gasteiger partial charge in [-0.25, -0.2) is 0 Å². The van der Waals surface area contributed by atoms with Crippen molar-refractivity contribution < 1.29 is 6.16 Å². The van der Waals surface area contributed by atoms with Gasteiger partial charge in [0.2, 0.25) is 0 Å². The van der Waals surface area contributed by atoms with Gasteiger partial charge in [-0.2, -0.15) is 0 Å². The summed E-state index contributed by atoms with van der Waals surface area (Å²) in [6, 6.07) is 8.04. The summed E-state index contributed by atoms with van der Waals surface area (Å²) in [6.45, 7) is 3.01. The van der Waals surface area contributed by atoms with Gasteiger partial charge in [-0.1, -0.05) is 19.1 Å². The third-order valence-corrected chi connectivity index (χ3v) is 2.26. The molecule has 0 saturated carbocycles. The minimum atomic E-state index is 0. The summed E-state index contributed by atoms with van der Waals surface area (Å²) in [5, 5.41) is 0. The van der Waals surface area contributed by atoms with Crippen LogP contribution < -0.4 is 5.73 Å². The number of rotatable bonds is 4. The van der Waals surface area contributed by atoms with Gasteiger partial charge in [0, 0.05) is 20.8 Å². The van der Waals surface area contributed by atoms with Crippen LogP contribution in [0.2, 0.25) is 0 Å². The highest BCUT2D eigenvalue weighted by molar-refractivity contribution is 5.40. The first kappa shape index (κ1) is 10.1. The van der Waals surface area contributed by atoms with E-state index in [1.165, 1.54) is 5.56 Å². The van der Waals surface area contributed by atoms with Crippen molar-refractivity contribution in [2.45, 2.75) is 19.3 Å². The average Bonchev–Trinajstić information content (AvgIpc) is 2.15. The molecule has 2 nitrogen and oxygen atoms in total. The topological polar surface area (TPSA) is 35.2 Å². The molecule has 0 spiro atoms. The van der Waals surface area contributed by atoms with Crippen LogP contribution in [0.15, 0.2) is 24.3 Å². The lowest BCUT2D eigenvalue weighted by Gasteiger charge is -2.10. The fourth-order valence-corrected chi connectivity index (χ4v) is 1.29. The number of ether oxygens (including phenoxy) is 1. The molecule has 1 atom stereocenters. The van der Waals surface area contributed by atoms with Gasteiger partial charge < -0.3 is 10.5 Å². The molecule has 0 aliphatic carbocycles. The fourth-order valence-electron chi connectivity index (χ4n) is 1.29. The predicted octanol–water partition coefficient (Wildman–Crippen LogP) is 2.65. The van der Waals surface area contributed by atoms with E-state index in [0.717, 1.165) is 18.7 Å². The fraction of sp³-hybridized carbons (Fsp3) is 0.455. The highest BCUT2D eigenvalue weighted by Crippen LogP contribution is 2.19. The molecule has 0 saturated heterocycles. The number of nitrogen functional groups attached to an aromatic ring is 1. The molecule has 13 heavy (non-hydrogen) atoms. The molecule has 0 aliphatic heterocycles. The summed E-state index contributed by atoms with van der Waals surface area (Å²) in [5.74, 6) is 0.542. The summed E-state index contributed by atoms with van der Waals surface area (Å²) in [4.78, 5) is 0. The van der Waals surface area contributed by atoms with Gasteiger partial charge in [0.1, 0.15) is 0 Å². The predicted molar refractivity (Wildman–Crippen MR) is 57.9 cm³/mol. The van der Waals surface area contributed by atoms with Gasteiger partial charge in [-0.15, -0.1) is 0 Å². The monoisotopic (exact) mass is 181 g/mol. The summed E-state index contributed by atoms with van der Waals surface area (Å²) in [6.07, 6.45) is 1.06. The molecule has 0 fully saturated rings. The molecule has 0 aliphatic rings. The van der Waals surface area contributed by atoms with E-state index >= 15 is 0 Å². The van der Waals surface area contributed by atoms with Gasteiger partial charge in [0.15, 0.2) is 0 Å². The van der Waals surface area contributed by atoms with Crippen LogP contribution in [0.3, 0.4) is 0 Å². The number of nitrogens with two attached hydrogens (primary N) is 1. The molecule has 1 aromatic rings. The van der Waals surface area contributed by atoms with Crippen molar-refractivity contribution in [3.8, 4) is 0 Å². The Labute approximate surface area is 81.2 Å². The van der Waals surface area contributed by atoms with E-state index in [-0.39, 0.29) is 1.43 Å². The summed E-state index contributed by atoms with van der Waals surface area (Å²) >= 11 is 0. The van der Waals surface area contributed by atoms with Crippen molar-refractivity contribution in [3.63, 3.8) is 0 Å². The third kappa shape index (κ3) is 3.07. The molecule has 2 heteroatoms. The Hall–Kier alpha value is -1.02. The Kier molecular flexibility index (Phi) is 3.77. The molecule has 1 rings (SSSR count). The minimum absolute atomic E-state index is 0. The Bertz CT molecular complexity index is 248. The zero-order valence-corrected chi connectivity index (χ0v) is 8.29. The quantitative estimate of drug-likeness (QED) is 0.725. The van der Waals surface area contributed by atoms with Crippen molar-refractivity contribution in [2.75, 3.05) is 19.5 Å². The second-order valence-corrected chi connectivity index (χ2v) is 3.35. The van der Waals surface area contributed by atoms with Crippen LogP contribution >= 0.6 is 0 Å². The van der Waals surface area contributed by atoms with E-state index in [1.807, 2.05) is 12.1 Å². The smallest absolute Gasteiger partial charge is 0.0467 e.